The molecule has 1 fully saturated rings. The number of halogens is 2. The smallest absolute Gasteiger partial charge is 0.410 e. The second kappa shape index (κ2) is 29.8. The Bertz CT molecular complexity index is 3740. The maximum Gasteiger partial charge on any atom is 0.410 e. The second-order valence-corrected chi connectivity index (χ2v) is 27.7. The number of anilines is 1. The molecule has 8 rings (SSSR count). The molecule has 1 saturated heterocycles. The lowest BCUT2D eigenvalue weighted by Gasteiger charge is -2.31. The van der Waals surface area contributed by atoms with Crippen LogP contribution < -0.4 is 32.3 Å². The summed E-state index contributed by atoms with van der Waals surface area (Å²) in [5.41, 5.74) is 4.87. The van der Waals surface area contributed by atoms with Crippen LogP contribution in [0.4, 0.5) is 14.5 Å². The van der Waals surface area contributed by atoms with Crippen LogP contribution in [0.15, 0.2) is 95.8 Å². The van der Waals surface area contributed by atoms with E-state index in [1.807, 2.05) is 60.7 Å². The number of para-hydroxylation sites is 2. The number of primary amides is 1. The zero-order valence-electron chi connectivity index (χ0n) is 53.8. The number of hydrogen-bond acceptors (Lipinski definition) is 16. The topological polar surface area (TPSA) is 301 Å². The minimum Gasteiger partial charge on any atom is -0.438 e. The van der Waals surface area contributed by atoms with Crippen LogP contribution in [-0.2, 0) is 116 Å². The third-order valence-corrected chi connectivity index (χ3v) is 18.4. The van der Waals surface area contributed by atoms with Crippen LogP contribution in [0.3, 0.4) is 0 Å². The number of carbonyl (C=O) groups excluding carboxylic acids is 8. The van der Waals surface area contributed by atoms with Gasteiger partial charge in [-0.05, 0) is 145 Å². The van der Waals surface area contributed by atoms with Gasteiger partial charge in [-0.1, -0.05) is 78.9 Å². The molecule has 3 aliphatic heterocycles. The van der Waals surface area contributed by atoms with Crippen LogP contribution in [0.5, 0.6) is 0 Å². The molecule has 5 N–H and O–H groups in total. The van der Waals surface area contributed by atoms with Crippen LogP contribution in [0.25, 0.3) is 16.6 Å². The van der Waals surface area contributed by atoms with Crippen LogP contribution in [0, 0.1) is 10.8 Å². The number of benzene rings is 4. The molecule has 5 atom stereocenters. The average molecular weight is 1310 g/mol. The quantitative estimate of drug-likeness (QED) is 0.00920. The number of amides is 6. The number of nitrogens with two attached hydrogens (primary N) is 1. The van der Waals surface area contributed by atoms with Gasteiger partial charge in [-0.25, -0.2) is 4.79 Å². The molecule has 3 aliphatic rings. The average Bonchev–Trinajstić information content (AvgIpc) is 1.66. The van der Waals surface area contributed by atoms with E-state index in [0.29, 0.717) is 55.7 Å². The highest BCUT2D eigenvalue weighted by molar-refractivity contribution is 7.54. The minimum absolute atomic E-state index is 0.0651. The highest BCUT2D eigenvalue weighted by Crippen LogP contribution is 2.67. The van der Waals surface area contributed by atoms with Crippen molar-refractivity contribution in [2.45, 2.75) is 162 Å². The van der Waals surface area contributed by atoms with E-state index in [0.717, 1.165) is 45.5 Å². The standard InChI is InChI=1S/C67H82F2N7O16P/c1-40(44-22-25-48(26-23-44)67(68,69)93(86,91-38-89-62(83)65(3,4)5)92-39-90-63(84)66(6,7)8)35-56(79)71-50-27-24-46-13-10-15-47-36-53(76(57(46)47)61(50)82)60(81)72-49(28-30-54(70)77)41(2)88-37-43-20-18-42(19-21-43)32-34-87-33-12-16-45-14-11-17-51-58(45)74(9)64(85)75(51)52-29-31-55(78)73-59(52)80/h10-11,13-15,17-23,25-26,35,41,49-50,52-53H,12,16,24,27-34,36-39H2,1-9H3,(H2,70,77)(H,71,79)(H,72,81)(H,73,78,80)/b40-35+/t41-,49+,50+,52?,53+/m1/s1. The van der Waals surface area contributed by atoms with Gasteiger partial charge < -0.3 is 35.3 Å². The minimum atomic E-state index is -5.61. The van der Waals surface area contributed by atoms with Gasteiger partial charge in [0.05, 0.1) is 52.9 Å². The predicted molar refractivity (Wildman–Crippen MR) is 339 cm³/mol. The number of fused-ring (bicyclic) bond motifs is 1. The van der Waals surface area contributed by atoms with Crippen molar-refractivity contribution in [2.75, 3.05) is 31.7 Å². The van der Waals surface area contributed by atoms with E-state index in [4.69, 9.17) is 33.7 Å². The zero-order valence-corrected chi connectivity index (χ0v) is 54.7. The van der Waals surface area contributed by atoms with Gasteiger partial charge in [0.25, 0.3) is 0 Å². The third kappa shape index (κ3) is 17.0. The van der Waals surface area contributed by atoms with E-state index in [-0.39, 0.29) is 62.3 Å². The molecule has 1 unspecified atom stereocenters. The fourth-order valence-corrected chi connectivity index (χ4v) is 12.5. The van der Waals surface area contributed by atoms with Crippen molar-refractivity contribution in [1.29, 1.82) is 0 Å². The Morgan fingerprint density at radius 3 is 2.08 bits per heavy atom. The monoisotopic (exact) mass is 1310 g/mol. The number of imidazole rings is 1. The molecule has 4 aromatic carbocycles. The second-order valence-electron chi connectivity index (χ2n) is 25.6. The van der Waals surface area contributed by atoms with Crippen molar-refractivity contribution in [1.82, 2.24) is 25.1 Å². The number of piperidine rings is 1. The van der Waals surface area contributed by atoms with Gasteiger partial charge in [0.2, 0.25) is 49.0 Å². The Morgan fingerprint density at radius 1 is 0.806 bits per heavy atom. The van der Waals surface area contributed by atoms with E-state index < -0.39 is 115 Å². The van der Waals surface area contributed by atoms with Crippen molar-refractivity contribution in [3.63, 3.8) is 0 Å². The first-order valence-corrected chi connectivity index (χ1v) is 32.5. The Hall–Kier alpha value is -8.22. The molecule has 93 heavy (non-hydrogen) atoms. The van der Waals surface area contributed by atoms with Gasteiger partial charge in [-0.2, -0.15) is 8.78 Å². The highest BCUT2D eigenvalue weighted by Gasteiger charge is 2.56. The summed E-state index contributed by atoms with van der Waals surface area (Å²) in [5, 5.41) is 8.18. The number of hydrogen-bond donors (Lipinski definition) is 4. The Labute approximate surface area is 537 Å². The molecule has 4 heterocycles. The summed E-state index contributed by atoms with van der Waals surface area (Å²) in [6, 6.07) is 19.7. The summed E-state index contributed by atoms with van der Waals surface area (Å²) in [7, 11) is -3.93. The first-order chi connectivity index (χ1) is 43.9. The summed E-state index contributed by atoms with van der Waals surface area (Å²) in [4.78, 5) is 119. The summed E-state index contributed by atoms with van der Waals surface area (Å²) >= 11 is 0. The third-order valence-electron chi connectivity index (χ3n) is 16.6. The van der Waals surface area contributed by atoms with E-state index in [1.165, 1.54) is 69.2 Å². The number of esters is 2. The molecule has 1 aromatic heterocycles. The number of allylic oxidation sites excluding steroid dienone is 1. The summed E-state index contributed by atoms with van der Waals surface area (Å²) in [6.07, 6.45) is 3.73. The number of alkyl halides is 2. The van der Waals surface area contributed by atoms with Crippen molar-refractivity contribution >= 4 is 77.3 Å². The maximum absolute atomic E-state index is 16.3. The van der Waals surface area contributed by atoms with E-state index in [9.17, 15) is 47.7 Å². The lowest BCUT2D eigenvalue weighted by Crippen LogP contribution is -2.56. The Balaban J connectivity index is 0.849. The lowest BCUT2D eigenvalue weighted by atomic mass is 9.98. The molecule has 5 aromatic rings. The molecule has 23 nitrogen and oxygen atoms in total. The van der Waals surface area contributed by atoms with Gasteiger partial charge in [0.15, 0.2) is 0 Å². The van der Waals surface area contributed by atoms with Crippen LogP contribution in [-0.4, -0.2) is 108 Å². The van der Waals surface area contributed by atoms with Gasteiger partial charge in [0.1, 0.15) is 18.1 Å². The van der Waals surface area contributed by atoms with Gasteiger partial charge in [-0.3, -0.25) is 71.3 Å². The molecule has 0 bridgehead atoms. The number of ether oxygens (including phenoxy) is 4. The molecule has 0 aliphatic carbocycles. The van der Waals surface area contributed by atoms with E-state index in [2.05, 4.69) is 16.0 Å². The molecule has 26 heteroatoms. The van der Waals surface area contributed by atoms with Gasteiger partial charge in [0, 0.05) is 44.6 Å². The zero-order chi connectivity index (χ0) is 67.7. The van der Waals surface area contributed by atoms with Crippen LogP contribution in [0.1, 0.15) is 139 Å². The fourth-order valence-electron chi connectivity index (χ4n) is 11.2. The first kappa shape index (κ1) is 70.6. The molecule has 500 valence electrons. The van der Waals surface area contributed by atoms with Crippen molar-refractivity contribution < 1.29 is 79.7 Å². The SMILES string of the molecule is C/C(=C\C(=O)N[C@H]1CCc2cccc3c2N(C1=O)[C@H](C(=O)N[C@@H](CCC(N)=O)[C@@H](C)OCc1ccc(CCOCCCc2cccc4c2n(C)c(=O)n4C2CCC(=O)NC2=O)cc1)C3)c1ccc(C(F)(F)P(=O)(OCOC(=O)C(C)(C)C)OCOC(=O)C(C)(C)C)cc1. The number of aryl methyl sites for hydroxylation is 3. The lowest BCUT2D eigenvalue weighted by molar-refractivity contribution is -0.163. The summed E-state index contributed by atoms with van der Waals surface area (Å²) < 4.78 is 81.6. The Kier molecular flexibility index (Phi) is 22.6. The summed E-state index contributed by atoms with van der Waals surface area (Å²) in [5.74, 6) is -4.82. The van der Waals surface area contributed by atoms with Gasteiger partial charge >= 0.3 is 30.9 Å². The number of imide groups is 1. The normalized spacial score (nSPS) is 17.7. The number of nitrogens with one attached hydrogen (secondary N) is 3. The van der Waals surface area contributed by atoms with Crippen LogP contribution >= 0.6 is 7.60 Å². The molecule has 6 amide bonds. The molecule has 0 spiro atoms. The summed E-state index contributed by atoms with van der Waals surface area (Å²) in [6.45, 7) is 11.2. The van der Waals surface area contributed by atoms with Crippen molar-refractivity contribution in [2.24, 2.45) is 23.6 Å². The number of nitrogens with zero attached hydrogens (tertiary/aromatic N) is 3. The predicted octanol–water partition coefficient (Wildman–Crippen LogP) is 8.03. The van der Waals surface area contributed by atoms with Crippen molar-refractivity contribution in [3.05, 3.63) is 140 Å². The number of rotatable bonds is 28. The fraction of sp³-hybridized carbons (Fsp3) is 0.478. The van der Waals surface area contributed by atoms with E-state index >= 15 is 8.78 Å². The number of carbonyl (C=O) groups is 8. The molecular weight excluding hydrogens is 1230 g/mol. The Morgan fingerprint density at radius 2 is 1.44 bits per heavy atom. The number of aromatic nitrogens is 2. The van der Waals surface area contributed by atoms with Gasteiger partial charge in [-0.15, -0.1) is 0 Å². The van der Waals surface area contributed by atoms with Crippen LogP contribution in [0.2, 0.25) is 0 Å². The largest absolute Gasteiger partial charge is 0.438 e. The highest BCUT2D eigenvalue weighted by atomic mass is 31.2. The molecule has 0 saturated carbocycles. The molecular formula is C67H82F2N7O16P. The first-order valence-electron chi connectivity index (χ1n) is 30.9. The maximum atomic E-state index is 16.3. The van der Waals surface area contributed by atoms with Crippen molar-refractivity contribution in [3.8, 4) is 0 Å². The molecule has 0 radical (unpaired) electrons. The van der Waals surface area contributed by atoms with E-state index in [1.54, 1.807) is 25.5 Å².